The standard InChI is InChI=1S/C73H120N10O18/c1-17-49(10)64(58(95-15)43-60(86)83-34-22-26-56(83)66(96-16)50(11)67(88)76-51(12)65(87)53-23-19-18-20-24-53)81(13)71(92)62(47(6)7)80-70(91)63(48(8)9)82(14)73(94)101-44-52-27-29-54(30-28-52)77-68(89)55(25-21-33-75-72(74)93)78-69(90)61(46(4)5)79-59(85)32-36-98-38-40-100-42-41-99-39-37-97-35-31-57(84)45(2)3/h18-20,23-24,27-30,45-51,55-56,58,61-66,87H,17,21-22,25-26,31-44H2,1-16H3,(H,76,88)(H,77,89)(H,78,90)(H,79,85)(H,80,91)(H3,74,75,93)/t49-,50+,51+,55-,56-,58+,61-,62-,63-,64-,65+,66+/m0/s1. The zero-order chi connectivity index (χ0) is 75.5. The Bertz CT molecular complexity index is 2870. The predicted octanol–water partition coefficient (Wildman–Crippen LogP) is 5.66. The first-order valence-electron chi connectivity index (χ1n) is 35.6. The van der Waals surface area contributed by atoms with Gasteiger partial charge in [0.1, 0.15) is 36.6 Å². The van der Waals surface area contributed by atoms with Crippen LogP contribution in [0.2, 0.25) is 0 Å². The van der Waals surface area contributed by atoms with Crippen molar-refractivity contribution in [1.29, 1.82) is 0 Å². The molecule has 0 unspecified atom stereocenters. The fraction of sp³-hybridized carbons (Fsp3) is 0.699. The number of nitrogens with two attached hydrogens (primary N) is 1. The third kappa shape index (κ3) is 29.9. The summed E-state index contributed by atoms with van der Waals surface area (Å²) in [6.45, 7) is 24.4. The number of ether oxygens (including phenoxy) is 7. The van der Waals surface area contributed by atoms with Crippen molar-refractivity contribution in [3.63, 3.8) is 0 Å². The van der Waals surface area contributed by atoms with Gasteiger partial charge < -0.3 is 85.7 Å². The highest BCUT2D eigenvalue weighted by molar-refractivity contribution is 5.98. The molecule has 0 aromatic heterocycles. The molecule has 2 aromatic carbocycles. The maximum absolute atomic E-state index is 14.8. The molecule has 0 spiro atoms. The molecule has 9 N–H and O–H groups in total. The van der Waals surface area contributed by atoms with Gasteiger partial charge in [-0.05, 0) is 79.5 Å². The van der Waals surface area contributed by atoms with Crippen molar-refractivity contribution in [3.8, 4) is 0 Å². The number of nitrogens with one attached hydrogen (secondary N) is 6. The van der Waals surface area contributed by atoms with Crippen molar-refractivity contribution >= 4 is 64.9 Å². The lowest BCUT2D eigenvalue weighted by molar-refractivity contribution is -0.148. The zero-order valence-electron chi connectivity index (χ0n) is 62.7. The lowest BCUT2D eigenvalue weighted by Gasteiger charge is -2.41. The van der Waals surface area contributed by atoms with E-state index in [0.717, 1.165) is 0 Å². The first-order valence-corrected chi connectivity index (χ1v) is 35.6. The number of ketones is 1. The van der Waals surface area contributed by atoms with Gasteiger partial charge in [-0.25, -0.2) is 9.59 Å². The topological polar surface area (TPSA) is 363 Å². The highest BCUT2D eigenvalue weighted by Crippen LogP contribution is 2.31. The van der Waals surface area contributed by atoms with Crippen LogP contribution in [0.1, 0.15) is 152 Å². The van der Waals surface area contributed by atoms with E-state index in [1.165, 1.54) is 26.2 Å². The van der Waals surface area contributed by atoms with Crippen LogP contribution in [0.3, 0.4) is 0 Å². The Hall–Kier alpha value is -7.34. The smallest absolute Gasteiger partial charge is 0.410 e. The summed E-state index contributed by atoms with van der Waals surface area (Å²) in [6, 6.07) is 8.75. The van der Waals surface area contributed by atoms with Crippen LogP contribution in [-0.4, -0.2) is 228 Å². The minimum absolute atomic E-state index is 0.0165. The van der Waals surface area contributed by atoms with Crippen molar-refractivity contribution < 1.29 is 86.2 Å². The van der Waals surface area contributed by atoms with Crippen LogP contribution in [0.25, 0.3) is 0 Å². The zero-order valence-corrected chi connectivity index (χ0v) is 62.7. The molecule has 1 heterocycles. The highest BCUT2D eigenvalue weighted by atomic mass is 16.6. The first kappa shape index (κ1) is 87.9. The number of carbonyl (C=O) groups is 10. The van der Waals surface area contributed by atoms with Crippen molar-refractivity contribution in [2.24, 2.45) is 41.2 Å². The summed E-state index contributed by atoms with van der Waals surface area (Å²) in [4.78, 5) is 140. The van der Waals surface area contributed by atoms with Gasteiger partial charge in [0, 0.05) is 65.9 Å². The number of carbonyl (C=O) groups excluding carboxylic acids is 10. The third-order valence-electron chi connectivity index (χ3n) is 18.3. The third-order valence-corrected chi connectivity index (χ3v) is 18.3. The van der Waals surface area contributed by atoms with Crippen LogP contribution in [0.5, 0.6) is 0 Å². The normalized spacial score (nSPS) is 16.4. The minimum atomic E-state index is -1.12. The van der Waals surface area contributed by atoms with E-state index in [9.17, 15) is 53.1 Å². The van der Waals surface area contributed by atoms with E-state index in [1.54, 1.807) is 109 Å². The van der Waals surface area contributed by atoms with Crippen LogP contribution >= 0.6 is 0 Å². The fourth-order valence-corrected chi connectivity index (χ4v) is 12.1. The highest BCUT2D eigenvalue weighted by Gasteiger charge is 2.44. The maximum Gasteiger partial charge on any atom is 0.410 e. The Balaban J connectivity index is 1.61. The molecule has 101 heavy (non-hydrogen) atoms. The molecule has 1 aliphatic rings. The SMILES string of the molecule is CC[C@H](C)[C@@H]([C@@H](CC(=O)N1CCC[C@H]1[C@H](OC)[C@@H](C)C(=O)N[C@H](C)[C@@H](O)c1ccccc1)OC)N(C)C(=O)[C@@H](NC(=O)[C@H](C(C)C)N(C)C(=O)OCc1ccc(NC(=O)[C@H](CCCNC(N)=O)NC(=O)[C@@H](NC(=O)CCOCCOCCOCCOCCC(=O)C(C)C)C(C)C)cc1)C(C)C. The number of Topliss-reactive ketones (excluding diaryl/α,β-unsaturated/α-hetero) is 1. The molecule has 28 nitrogen and oxygen atoms in total. The second kappa shape index (κ2) is 46.3. The molecule has 0 saturated carbocycles. The number of likely N-dealkylation sites (tertiary alicyclic amines) is 1. The van der Waals surface area contributed by atoms with Gasteiger partial charge in [-0.1, -0.05) is 125 Å². The van der Waals surface area contributed by atoms with Crippen LogP contribution in [0, 0.1) is 35.5 Å². The number of aliphatic hydroxyl groups is 1. The summed E-state index contributed by atoms with van der Waals surface area (Å²) in [5, 5.41) is 27.6. The number of hydrogen-bond donors (Lipinski definition) is 8. The molecular weight excluding hydrogens is 1300 g/mol. The summed E-state index contributed by atoms with van der Waals surface area (Å²) in [6.07, 6.45) is -0.748. The summed E-state index contributed by atoms with van der Waals surface area (Å²) < 4.78 is 39.7. The van der Waals surface area contributed by atoms with Crippen molar-refractivity contribution in [2.45, 2.75) is 202 Å². The molecule has 28 heteroatoms. The number of aliphatic hydroxyl groups excluding tert-OH is 1. The maximum atomic E-state index is 14.8. The number of methoxy groups -OCH3 is 2. The van der Waals surface area contributed by atoms with Gasteiger partial charge in [0.15, 0.2) is 0 Å². The molecule has 1 aliphatic heterocycles. The molecule has 12 atom stereocenters. The number of nitrogens with zero attached hydrogens (tertiary/aromatic N) is 3. The molecule has 3 rings (SSSR count). The molecule has 570 valence electrons. The van der Waals surface area contributed by atoms with E-state index in [2.05, 4.69) is 31.9 Å². The summed E-state index contributed by atoms with van der Waals surface area (Å²) in [5.41, 5.74) is 6.79. The second-order valence-corrected chi connectivity index (χ2v) is 27.4. The van der Waals surface area contributed by atoms with Crippen LogP contribution in [0.4, 0.5) is 15.3 Å². The Morgan fingerprint density at radius 3 is 1.77 bits per heavy atom. The number of likely N-dealkylation sites (N-methyl/N-ethyl adjacent to an activating group) is 2. The second-order valence-electron chi connectivity index (χ2n) is 27.4. The number of rotatable bonds is 48. The Kier molecular flexibility index (Phi) is 40.3. The molecular formula is C73H120N10O18. The number of primary amides is 1. The summed E-state index contributed by atoms with van der Waals surface area (Å²) in [5.74, 6) is -5.20. The molecule has 10 amide bonds. The number of urea groups is 1. The van der Waals surface area contributed by atoms with Crippen molar-refractivity contribution in [2.75, 3.05) is 99.6 Å². The molecule has 0 aliphatic carbocycles. The van der Waals surface area contributed by atoms with Gasteiger partial charge >= 0.3 is 12.1 Å². The Morgan fingerprint density at radius 1 is 0.653 bits per heavy atom. The molecule has 1 fully saturated rings. The number of amides is 10. The van der Waals surface area contributed by atoms with Gasteiger partial charge in [-0.15, -0.1) is 0 Å². The van der Waals surface area contributed by atoms with E-state index in [1.807, 2.05) is 45.9 Å². The molecule has 0 bridgehead atoms. The monoisotopic (exact) mass is 1420 g/mol. The lowest BCUT2D eigenvalue weighted by Crippen LogP contribution is -2.60. The Labute approximate surface area is 598 Å². The Morgan fingerprint density at radius 2 is 1.24 bits per heavy atom. The molecule has 1 saturated heterocycles. The van der Waals surface area contributed by atoms with Gasteiger partial charge in [-0.3, -0.25) is 43.3 Å². The van der Waals surface area contributed by atoms with Crippen LogP contribution in [0.15, 0.2) is 54.6 Å². The van der Waals surface area contributed by atoms with E-state index in [4.69, 9.17) is 38.9 Å². The molecule has 0 radical (unpaired) electrons. The lowest BCUT2D eigenvalue weighted by atomic mass is 9.89. The summed E-state index contributed by atoms with van der Waals surface area (Å²) >= 11 is 0. The fourth-order valence-electron chi connectivity index (χ4n) is 12.1. The first-order chi connectivity index (χ1) is 47.9. The predicted molar refractivity (Wildman–Crippen MR) is 381 cm³/mol. The van der Waals surface area contributed by atoms with Gasteiger partial charge in [0.05, 0.1) is 102 Å². The van der Waals surface area contributed by atoms with Gasteiger partial charge in [0.2, 0.25) is 41.4 Å². The van der Waals surface area contributed by atoms with E-state index in [-0.39, 0.29) is 94.0 Å². The van der Waals surface area contributed by atoms with E-state index < -0.39 is 120 Å². The quantitative estimate of drug-likeness (QED) is 0.0370. The largest absolute Gasteiger partial charge is 0.445 e. The number of anilines is 1. The van der Waals surface area contributed by atoms with Crippen molar-refractivity contribution in [1.82, 2.24) is 41.3 Å². The average molecular weight is 1430 g/mol. The summed E-state index contributed by atoms with van der Waals surface area (Å²) in [7, 11) is 6.09. The van der Waals surface area contributed by atoms with Gasteiger partial charge in [-0.2, -0.15) is 0 Å². The van der Waals surface area contributed by atoms with Gasteiger partial charge in [0.25, 0.3) is 0 Å². The van der Waals surface area contributed by atoms with E-state index >= 15 is 0 Å². The van der Waals surface area contributed by atoms with Crippen molar-refractivity contribution in [3.05, 3.63) is 65.7 Å². The van der Waals surface area contributed by atoms with E-state index in [0.29, 0.717) is 82.1 Å². The minimum Gasteiger partial charge on any atom is -0.445 e. The average Bonchev–Trinajstić information content (AvgIpc) is 1.75. The molecule has 2 aromatic rings. The number of hydrogen-bond acceptors (Lipinski definition) is 18. The van der Waals surface area contributed by atoms with Crippen LogP contribution in [-0.2, 0) is 78.1 Å². The van der Waals surface area contributed by atoms with Crippen LogP contribution < -0.4 is 37.6 Å². The number of benzene rings is 2.